The van der Waals surface area contributed by atoms with Gasteiger partial charge in [0.05, 0.1) is 6.10 Å². The minimum Gasteiger partial charge on any atom is -0.490 e. The lowest BCUT2D eigenvalue weighted by Crippen LogP contribution is -2.49. The molecule has 1 amide bonds. The van der Waals surface area contributed by atoms with E-state index in [1.165, 1.54) is 16.7 Å². The van der Waals surface area contributed by atoms with Gasteiger partial charge in [0.1, 0.15) is 11.4 Å². The average molecular weight is 425 g/mol. The Bertz CT molecular complexity index is 832. The van der Waals surface area contributed by atoms with E-state index >= 15 is 0 Å². The van der Waals surface area contributed by atoms with Crippen LogP contribution >= 0.6 is 0 Å². The van der Waals surface area contributed by atoms with Crippen molar-refractivity contribution in [3.8, 4) is 5.75 Å². The Hall–Kier alpha value is -2.53. The fraction of sp³-hybridized carbons (Fsp3) is 0.500. The molecule has 0 spiro atoms. The van der Waals surface area contributed by atoms with Gasteiger partial charge in [0.15, 0.2) is 0 Å². The average Bonchev–Trinajstić information content (AvgIpc) is 2.70. The zero-order valence-electron chi connectivity index (χ0n) is 19.6. The summed E-state index contributed by atoms with van der Waals surface area (Å²) >= 11 is 0. The van der Waals surface area contributed by atoms with E-state index in [9.17, 15) is 4.79 Å². The van der Waals surface area contributed by atoms with Crippen LogP contribution in [-0.2, 0) is 17.7 Å². The van der Waals surface area contributed by atoms with Gasteiger partial charge in [0, 0.05) is 39.1 Å². The summed E-state index contributed by atoms with van der Waals surface area (Å²) in [7, 11) is 0. The van der Waals surface area contributed by atoms with Crippen LogP contribution in [-0.4, -0.2) is 53.8 Å². The summed E-state index contributed by atoms with van der Waals surface area (Å²) < 4.78 is 11.5. The molecular weight excluding hydrogens is 388 g/mol. The number of carbonyl (C=O) groups excluding carboxylic acids is 1. The predicted molar refractivity (Wildman–Crippen MR) is 124 cm³/mol. The van der Waals surface area contributed by atoms with E-state index in [1.807, 2.05) is 32.9 Å². The maximum Gasteiger partial charge on any atom is 0.410 e. The zero-order chi connectivity index (χ0) is 22.4. The van der Waals surface area contributed by atoms with Gasteiger partial charge in [0.2, 0.25) is 0 Å². The van der Waals surface area contributed by atoms with Crippen LogP contribution in [0.1, 0.15) is 44.4 Å². The quantitative estimate of drug-likeness (QED) is 0.650. The molecule has 1 unspecified atom stereocenters. The molecular formula is C26H36N2O3. The number of hydrogen-bond acceptors (Lipinski definition) is 4. The lowest BCUT2D eigenvalue weighted by atomic mass is 10.1. The highest BCUT2D eigenvalue weighted by Gasteiger charge is 2.25. The molecule has 0 aromatic heterocycles. The molecule has 168 valence electrons. The molecule has 0 bridgehead atoms. The van der Waals surface area contributed by atoms with E-state index in [0.29, 0.717) is 13.1 Å². The fourth-order valence-electron chi connectivity index (χ4n) is 3.68. The second kappa shape index (κ2) is 10.2. The largest absolute Gasteiger partial charge is 0.490 e. The van der Waals surface area contributed by atoms with Crippen LogP contribution in [0.15, 0.2) is 48.5 Å². The van der Waals surface area contributed by atoms with Crippen molar-refractivity contribution >= 4 is 6.09 Å². The van der Waals surface area contributed by atoms with Crippen LogP contribution < -0.4 is 4.74 Å². The summed E-state index contributed by atoms with van der Waals surface area (Å²) in [5.74, 6) is 0.917. The molecule has 31 heavy (non-hydrogen) atoms. The van der Waals surface area contributed by atoms with Crippen molar-refractivity contribution in [1.29, 1.82) is 0 Å². The number of piperazine rings is 1. The van der Waals surface area contributed by atoms with Crippen LogP contribution in [0.2, 0.25) is 0 Å². The molecule has 2 aromatic carbocycles. The van der Waals surface area contributed by atoms with Gasteiger partial charge in [-0.2, -0.15) is 0 Å². The van der Waals surface area contributed by atoms with Crippen molar-refractivity contribution < 1.29 is 14.3 Å². The highest BCUT2D eigenvalue weighted by molar-refractivity contribution is 5.68. The lowest BCUT2D eigenvalue weighted by molar-refractivity contribution is 0.0139. The highest BCUT2D eigenvalue weighted by Crippen LogP contribution is 2.17. The number of carbonyl (C=O) groups is 1. The minimum atomic E-state index is -0.446. The van der Waals surface area contributed by atoms with E-state index in [4.69, 9.17) is 9.47 Å². The van der Waals surface area contributed by atoms with E-state index in [1.54, 1.807) is 4.90 Å². The van der Waals surface area contributed by atoms with Crippen LogP contribution in [0, 0.1) is 6.92 Å². The van der Waals surface area contributed by atoms with Gasteiger partial charge in [-0.05, 0) is 57.9 Å². The van der Waals surface area contributed by atoms with Crippen molar-refractivity contribution in [2.45, 2.75) is 59.3 Å². The van der Waals surface area contributed by atoms with E-state index < -0.39 is 5.60 Å². The van der Waals surface area contributed by atoms with Gasteiger partial charge in [-0.25, -0.2) is 4.79 Å². The maximum atomic E-state index is 12.2. The number of amides is 1. The summed E-state index contributed by atoms with van der Waals surface area (Å²) in [6, 6.07) is 17.0. The Morgan fingerprint density at radius 1 is 0.935 bits per heavy atom. The molecule has 5 heteroatoms. The minimum absolute atomic E-state index is 0.120. The number of hydrogen-bond donors (Lipinski definition) is 0. The van der Waals surface area contributed by atoms with E-state index in [-0.39, 0.29) is 12.2 Å². The van der Waals surface area contributed by atoms with Crippen LogP contribution in [0.4, 0.5) is 4.79 Å². The molecule has 1 saturated heterocycles. The van der Waals surface area contributed by atoms with Gasteiger partial charge in [-0.1, -0.05) is 42.0 Å². The van der Waals surface area contributed by atoms with Crippen LogP contribution in [0.25, 0.3) is 0 Å². The molecule has 0 radical (unpaired) electrons. The summed E-state index contributed by atoms with van der Waals surface area (Å²) in [6.45, 7) is 13.9. The Balaban J connectivity index is 1.43. The third-order valence-electron chi connectivity index (χ3n) is 5.33. The van der Waals surface area contributed by atoms with Crippen molar-refractivity contribution in [2.24, 2.45) is 0 Å². The van der Waals surface area contributed by atoms with Crippen molar-refractivity contribution in [3.63, 3.8) is 0 Å². The topological polar surface area (TPSA) is 42.0 Å². The van der Waals surface area contributed by atoms with Gasteiger partial charge >= 0.3 is 6.09 Å². The monoisotopic (exact) mass is 424 g/mol. The Kier molecular flexibility index (Phi) is 7.60. The highest BCUT2D eigenvalue weighted by atomic mass is 16.6. The second-order valence-corrected chi connectivity index (χ2v) is 9.51. The second-order valence-electron chi connectivity index (χ2n) is 9.51. The Morgan fingerprint density at radius 3 is 2.10 bits per heavy atom. The van der Waals surface area contributed by atoms with E-state index in [0.717, 1.165) is 31.8 Å². The number of ether oxygens (including phenoxy) is 2. The number of aryl methyl sites for hydroxylation is 1. The zero-order valence-corrected chi connectivity index (χ0v) is 19.6. The summed E-state index contributed by atoms with van der Waals surface area (Å²) in [4.78, 5) is 16.4. The van der Waals surface area contributed by atoms with Crippen molar-refractivity contribution in [3.05, 3.63) is 65.2 Å². The lowest BCUT2D eigenvalue weighted by Gasteiger charge is -2.35. The molecule has 1 atom stereocenters. The van der Waals surface area contributed by atoms with Gasteiger partial charge in [-0.3, -0.25) is 4.90 Å². The van der Waals surface area contributed by atoms with Gasteiger partial charge in [-0.15, -0.1) is 0 Å². The number of benzene rings is 2. The maximum absolute atomic E-state index is 12.2. The van der Waals surface area contributed by atoms with Crippen molar-refractivity contribution in [2.75, 3.05) is 26.2 Å². The smallest absolute Gasteiger partial charge is 0.410 e. The summed E-state index contributed by atoms with van der Waals surface area (Å²) in [5, 5.41) is 0. The number of nitrogens with zero attached hydrogens (tertiary/aromatic N) is 2. The molecule has 1 fully saturated rings. The predicted octanol–water partition coefficient (Wildman–Crippen LogP) is 5.06. The molecule has 1 heterocycles. The SMILES string of the molecule is Cc1ccc(OC(C)Cc2ccc(CN3CCN(C(=O)OC(C)(C)C)CC3)cc2)cc1. The number of rotatable bonds is 6. The first-order valence-corrected chi connectivity index (χ1v) is 11.2. The summed E-state index contributed by atoms with van der Waals surface area (Å²) in [6.07, 6.45) is 0.788. The standard InChI is InChI=1S/C26H36N2O3/c1-20-6-12-24(13-7-20)30-21(2)18-22-8-10-23(11-9-22)19-27-14-16-28(17-15-27)25(29)31-26(3,4)5/h6-13,21H,14-19H2,1-5H3. The molecule has 0 aliphatic carbocycles. The normalized spacial score (nSPS) is 16.1. The molecule has 5 nitrogen and oxygen atoms in total. The Morgan fingerprint density at radius 2 is 1.52 bits per heavy atom. The molecule has 3 rings (SSSR count). The van der Waals surface area contributed by atoms with Gasteiger partial charge < -0.3 is 14.4 Å². The Labute approximate surface area is 187 Å². The van der Waals surface area contributed by atoms with Crippen LogP contribution in [0.3, 0.4) is 0 Å². The molecule has 2 aromatic rings. The van der Waals surface area contributed by atoms with Crippen LogP contribution in [0.5, 0.6) is 5.75 Å². The van der Waals surface area contributed by atoms with E-state index in [2.05, 4.69) is 55.1 Å². The molecule has 1 aliphatic heterocycles. The summed E-state index contributed by atoms with van der Waals surface area (Å²) in [5.41, 5.74) is 3.36. The first-order valence-electron chi connectivity index (χ1n) is 11.2. The first kappa shape index (κ1) is 23.1. The first-order chi connectivity index (χ1) is 14.7. The van der Waals surface area contributed by atoms with Gasteiger partial charge in [0.25, 0.3) is 0 Å². The molecule has 1 aliphatic rings. The van der Waals surface area contributed by atoms with Crippen molar-refractivity contribution in [1.82, 2.24) is 9.80 Å². The third-order valence-corrected chi connectivity index (χ3v) is 5.33. The molecule has 0 N–H and O–H groups in total. The molecule has 0 saturated carbocycles. The fourth-order valence-corrected chi connectivity index (χ4v) is 3.68. The third kappa shape index (κ3) is 7.59.